The smallest absolute Gasteiger partial charge is 0.191 e. The van der Waals surface area contributed by atoms with Crippen LogP contribution < -0.4 is 10.6 Å². The molecule has 1 aliphatic heterocycles. The molecule has 1 aromatic rings. The molecule has 1 saturated heterocycles. The van der Waals surface area contributed by atoms with Crippen LogP contribution in [0.2, 0.25) is 0 Å². The second-order valence-electron chi connectivity index (χ2n) is 6.67. The molecule has 1 aliphatic rings. The predicted molar refractivity (Wildman–Crippen MR) is 117 cm³/mol. The minimum absolute atomic E-state index is 0. The molecule has 142 valence electrons. The van der Waals surface area contributed by atoms with Gasteiger partial charge in [-0.2, -0.15) is 0 Å². The van der Waals surface area contributed by atoms with E-state index in [9.17, 15) is 0 Å². The quantitative estimate of drug-likeness (QED) is 0.266. The standard InChI is InChI=1S/C20H33N3O.HI/c1-3-4-5-9-14-22-19(21-2)23-17-20(12-15-24-16-13-20)18-10-7-6-8-11-18;/h6-8,10-11H,3-5,9,12-17H2,1-2H3,(H2,21,22,23);1H. The molecule has 1 fully saturated rings. The zero-order chi connectivity index (χ0) is 17.1. The number of benzene rings is 1. The summed E-state index contributed by atoms with van der Waals surface area (Å²) in [4.78, 5) is 4.38. The Morgan fingerprint density at radius 3 is 2.44 bits per heavy atom. The number of aliphatic imine (C=N–C) groups is 1. The van der Waals surface area contributed by atoms with Crippen molar-refractivity contribution in [3.63, 3.8) is 0 Å². The molecule has 5 heteroatoms. The number of halogens is 1. The van der Waals surface area contributed by atoms with Crippen LogP contribution in [0.1, 0.15) is 51.0 Å². The van der Waals surface area contributed by atoms with Gasteiger partial charge in [0, 0.05) is 38.8 Å². The van der Waals surface area contributed by atoms with Crippen molar-refractivity contribution in [3.8, 4) is 0 Å². The van der Waals surface area contributed by atoms with E-state index in [1.807, 2.05) is 7.05 Å². The summed E-state index contributed by atoms with van der Waals surface area (Å²) < 4.78 is 5.61. The Kier molecular flexibility index (Phi) is 11.1. The maximum Gasteiger partial charge on any atom is 0.191 e. The van der Waals surface area contributed by atoms with Crippen molar-refractivity contribution in [2.45, 2.75) is 50.9 Å². The normalized spacial score (nSPS) is 16.8. The lowest BCUT2D eigenvalue weighted by Gasteiger charge is -2.38. The van der Waals surface area contributed by atoms with Crippen LogP contribution in [0.15, 0.2) is 35.3 Å². The highest BCUT2D eigenvalue weighted by Gasteiger charge is 2.34. The minimum atomic E-state index is 0. The number of ether oxygens (including phenoxy) is 1. The van der Waals surface area contributed by atoms with Crippen LogP contribution in [0.3, 0.4) is 0 Å². The molecule has 1 heterocycles. The van der Waals surface area contributed by atoms with E-state index in [4.69, 9.17) is 4.74 Å². The topological polar surface area (TPSA) is 45.7 Å². The summed E-state index contributed by atoms with van der Waals surface area (Å²) in [5.41, 5.74) is 1.54. The van der Waals surface area contributed by atoms with Crippen molar-refractivity contribution in [2.75, 3.05) is 33.4 Å². The van der Waals surface area contributed by atoms with Crippen LogP contribution in [-0.2, 0) is 10.2 Å². The van der Waals surface area contributed by atoms with Gasteiger partial charge in [-0.25, -0.2) is 0 Å². The number of nitrogens with one attached hydrogen (secondary N) is 2. The molecule has 0 atom stereocenters. The van der Waals surface area contributed by atoms with E-state index in [0.717, 1.165) is 45.1 Å². The molecule has 0 amide bonds. The van der Waals surface area contributed by atoms with E-state index in [0.29, 0.717) is 0 Å². The summed E-state index contributed by atoms with van der Waals surface area (Å²) in [5.74, 6) is 0.910. The Morgan fingerprint density at radius 1 is 1.08 bits per heavy atom. The van der Waals surface area contributed by atoms with E-state index in [-0.39, 0.29) is 29.4 Å². The van der Waals surface area contributed by atoms with Gasteiger partial charge in [0.25, 0.3) is 0 Å². The molecule has 4 nitrogen and oxygen atoms in total. The maximum atomic E-state index is 5.61. The van der Waals surface area contributed by atoms with Gasteiger partial charge < -0.3 is 15.4 Å². The van der Waals surface area contributed by atoms with Gasteiger partial charge >= 0.3 is 0 Å². The molecule has 0 saturated carbocycles. The monoisotopic (exact) mass is 459 g/mol. The van der Waals surface area contributed by atoms with E-state index >= 15 is 0 Å². The number of unbranched alkanes of at least 4 members (excludes halogenated alkanes) is 3. The number of hydrogen-bond donors (Lipinski definition) is 2. The summed E-state index contributed by atoms with van der Waals surface area (Å²) in [7, 11) is 1.85. The minimum Gasteiger partial charge on any atom is -0.381 e. The first-order valence-corrected chi connectivity index (χ1v) is 9.38. The zero-order valence-electron chi connectivity index (χ0n) is 15.7. The van der Waals surface area contributed by atoms with Crippen molar-refractivity contribution >= 4 is 29.9 Å². The van der Waals surface area contributed by atoms with Gasteiger partial charge in [0.1, 0.15) is 0 Å². The Balaban J connectivity index is 0.00000312. The van der Waals surface area contributed by atoms with Crippen LogP contribution in [0, 0.1) is 0 Å². The fourth-order valence-electron chi connectivity index (χ4n) is 3.35. The summed E-state index contributed by atoms with van der Waals surface area (Å²) in [6.07, 6.45) is 7.17. The third-order valence-electron chi connectivity index (χ3n) is 4.98. The number of nitrogens with zero attached hydrogens (tertiary/aromatic N) is 1. The average molecular weight is 459 g/mol. The molecule has 25 heavy (non-hydrogen) atoms. The summed E-state index contributed by atoms with van der Waals surface area (Å²) in [6, 6.07) is 10.8. The Morgan fingerprint density at radius 2 is 1.80 bits per heavy atom. The van der Waals surface area contributed by atoms with Crippen molar-refractivity contribution in [1.29, 1.82) is 0 Å². The fourth-order valence-corrected chi connectivity index (χ4v) is 3.35. The second kappa shape index (κ2) is 12.5. The molecular formula is C20H34IN3O. The third kappa shape index (κ3) is 7.13. The summed E-state index contributed by atoms with van der Waals surface area (Å²) in [6.45, 7) is 5.79. The number of hydrogen-bond acceptors (Lipinski definition) is 2. The second-order valence-corrected chi connectivity index (χ2v) is 6.67. The predicted octanol–water partition coefficient (Wildman–Crippen LogP) is 4.10. The van der Waals surface area contributed by atoms with Gasteiger partial charge in [0.15, 0.2) is 5.96 Å². The van der Waals surface area contributed by atoms with E-state index < -0.39 is 0 Å². The lowest BCUT2D eigenvalue weighted by Crippen LogP contribution is -2.48. The fraction of sp³-hybridized carbons (Fsp3) is 0.650. The number of guanidine groups is 1. The average Bonchev–Trinajstić information content (AvgIpc) is 2.65. The van der Waals surface area contributed by atoms with E-state index in [2.05, 4.69) is 52.9 Å². The Bertz CT molecular complexity index is 487. The van der Waals surface area contributed by atoms with Crippen LogP contribution >= 0.6 is 24.0 Å². The van der Waals surface area contributed by atoms with Gasteiger partial charge in [-0.3, -0.25) is 4.99 Å². The third-order valence-corrected chi connectivity index (χ3v) is 4.98. The first-order chi connectivity index (χ1) is 11.8. The van der Waals surface area contributed by atoms with Crippen LogP contribution in [0.25, 0.3) is 0 Å². The van der Waals surface area contributed by atoms with Crippen molar-refractivity contribution < 1.29 is 4.74 Å². The first kappa shape index (κ1) is 22.2. The first-order valence-electron chi connectivity index (χ1n) is 9.38. The summed E-state index contributed by atoms with van der Waals surface area (Å²) >= 11 is 0. The molecule has 0 aromatic heterocycles. The van der Waals surface area contributed by atoms with Crippen molar-refractivity contribution in [3.05, 3.63) is 35.9 Å². The molecular weight excluding hydrogens is 425 g/mol. The van der Waals surface area contributed by atoms with Crippen LogP contribution in [0.5, 0.6) is 0 Å². The number of rotatable bonds is 8. The van der Waals surface area contributed by atoms with Gasteiger partial charge in [-0.15, -0.1) is 24.0 Å². The molecule has 0 bridgehead atoms. The van der Waals surface area contributed by atoms with Gasteiger partial charge in [0.2, 0.25) is 0 Å². The van der Waals surface area contributed by atoms with E-state index in [1.165, 1.54) is 31.2 Å². The van der Waals surface area contributed by atoms with Crippen molar-refractivity contribution in [1.82, 2.24) is 10.6 Å². The largest absolute Gasteiger partial charge is 0.381 e. The molecule has 0 unspecified atom stereocenters. The maximum absolute atomic E-state index is 5.61. The van der Waals surface area contributed by atoms with Gasteiger partial charge in [-0.05, 0) is 24.8 Å². The van der Waals surface area contributed by atoms with Crippen molar-refractivity contribution in [2.24, 2.45) is 4.99 Å². The van der Waals surface area contributed by atoms with Gasteiger partial charge in [0.05, 0.1) is 0 Å². The van der Waals surface area contributed by atoms with Crippen LogP contribution in [-0.4, -0.2) is 39.3 Å². The highest BCUT2D eigenvalue weighted by molar-refractivity contribution is 14.0. The zero-order valence-corrected chi connectivity index (χ0v) is 18.1. The van der Waals surface area contributed by atoms with E-state index in [1.54, 1.807) is 0 Å². The lowest BCUT2D eigenvalue weighted by atomic mass is 9.74. The molecule has 1 aromatic carbocycles. The SMILES string of the molecule is CCCCCCNC(=NC)NCC1(c2ccccc2)CCOCC1.I. The van der Waals surface area contributed by atoms with Gasteiger partial charge in [-0.1, -0.05) is 56.5 Å². The molecule has 0 spiro atoms. The highest BCUT2D eigenvalue weighted by Crippen LogP contribution is 2.34. The van der Waals surface area contributed by atoms with Crippen LogP contribution in [0.4, 0.5) is 0 Å². The molecule has 2 N–H and O–H groups in total. The molecule has 2 rings (SSSR count). The Hall–Kier alpha value is -0.820. The lowest BCUT2D eigenvalue weighted by molar-refractivity contribution is 0.0514. The highest BCUT2D eigenvalue weighted by atomic mass is 127. The molecule has 0 radical (unpaired) electrons. The Labute approximate surface area is 170 Å². The summed E-state index contributed by atoms with van der Waals surface area (Å²) in [5, 5.41) is 7.00. The molecule has 0 aliphatic carbocycles.